The molecule has 0 atom stereocenters. The highest BCUT2D eigenvalue weighted by molar-refractivity contribution is 5.69. The number of carboxylic acid groups (broad SMARTS) is 1. The topological polar surface area (TPSA) is 83.0 Å². The minimum Gasteiger partial charge on any atom is -0.481 e. The van der Waals surface area contributed by atoms with Crippen LogP contribution >= 0.6 is 0 Å². The molecule has 1 aromatic heterocycles. The number of rotatable bonds is 3. The molecule has 0 saturated carbocycles. The number of carboxylic acids is 1. The fourth-order valence-electron chi connectivity index (χ4n) is 1.19. The lowest BCUT2D eigenvalue weighted by atomic mass is 10.1. The summed E-state index contributed by atoms with van der Waals surface area (Å²) in [5.74, 6) is -0.376. The Labute approximate surface area is 87.2 Å². The largest absolute Gasteiger partial charge is 0.481 e. The van der Waals surface area contributed by atoms with Crippen LogP contribution in [0.1, 0.15) is 36.8 Å². The number of aliphatic carboxylic acids is 1. The zero-order chi connectivity index (χ0) is 11.6. The lowest BCUT2D eigenvalue weighted by Gasteiger charge is -2.07. The van der Waals surface area contributed by atoms with Crippen molar-refractivity contribution in [3.63, 3.8) is 0 Å². The van der Waals surface area contributed by atoms with E-state index in [9.17, 15) is 9.59 Å². The highest BCUT2D eigenvalue weighted by Crippen LogP contribution is 2.09. The third-order valence-electron chi connectivity index (χ3n) is 2.14. The Hall–Kier alpha value is -1.65. The zero-order valence-electron chi connectivity index (χ0n) is 9.00. The third-order valence-corrected chi connectivity index (χ3v) is 2.14. The summed E-state index contributed by atoms with van der Waals surface area (Å²) in [6.07, 6.45) is -0.213. The number of aromatic amines is 1. The van der Waals surface area contributed by atoms with Crippen LogP contribution in [-0.2, 0) is 11.2 Å². The molecule has 2 N–H and O–H groups in total. The average Bonchev–Trinajstić information content (AvgIpc) is 2.11. The first-order valence-corrected chi connectivity index (χ1v) is 4.73. The predicted octanol–water partition coefficient (Wildman–Crippen LogP) is 0.829. The molecule has 0 bridgehead atoms. The first-order valence-electron chi connectivity index (χ1n) is 4.73. The lowest BCUT2D eigenvalue weighted by Crippen LogP contribution is -2.20. The fraction of sp³-hybridized carbons (Fsp3) is 0.500. The number of nitrogens with one attached hydrogen (secondary N) is 1. The van der Waals surface area contributed by atoms with Crippen LogP contribution in [0.5, 0.6) is 0 Å². The van der Waals surface area contributed by atoms with Gasteiger partial charge in [-0.3, -0.25) is 9.59 Å². The van der Waals surface area contributed by atoms with E-state index in [1.165, 1.54) is 0 Å². The second kappa shape index (κ2) is 4.25. The SMILES string of the molecule is Cc1c(CC(=O)O)nc(C(C)C)[nH]c1=O. The monoisotopic (exact) mass is 210 g/mol. The van der Waals surface area contributed by atoms with Crippen molar-refractivity contribution in [1.82, 2.24) is 9.97 Å². The lowest BCUT2D eigenvalue weighted by molar-refractivity contribution is -0.136. The van der Waals surface area contributed by atoms with Crippen LogP contribution in [0, 0.1) is 6.92 Å². The van der Waals surface area contributed by atoms with Crippen LogP contribution in [0.15, 0.2) is 4.79 Å². The van der Waals surface area contributed by atoms with Gasteiger partial charge in [0.2, 0.25) is 0 Å². The zero-order valence-corrected chi connectivity index (χ0v) is 9.00. The molecule has 0 fully saturated rings. The van der Waals surface area contributed by atoms with Gasteiger partial charge in [-0.1, -0.05) is 13.8 Å². The Bertz CT molecular complexity index is 435. The Balaban J connectivity index is 3.25. The molecule has 1 aromatic rings. The van der Waals surface area contributed by atoms with Gasteiger partial charge in [-0.2, -0.15) is 0 Å². The van der Waals surface area contributed by atoms with E-state index in [-0.39, 0.29) is 17.9 Å². The van der Waals surface area contributed by atoms with Crippen molar-refractivity contribution >= 4 is 5.97 Å². The molecule has 5 heteroatoms. The van der Waals surface area contributed by atoms with E-state index in [1.54, 1.807) is 6.92 Å². The number of hydrogen-bond acceptors (Lipinski definition) is 3. The average molecular weight is 210 g/mol. The summed E-state index contributed by atoms with van der Waals surface area (Å²) in [6, 6.07) is 0. The smallest absolute Gasteiger partial charge is 0.309 e. The minimum atomic E-state index is -0.981. The van der Waals surface area contributed by atoms with Crippen LogP contribution in [0.2, 0.25) is 0 Å². The van der Waals surface area contributed by atoms with Crippen molar-refractivity contribution in [2.24, 2.45) is 0 Å². The quantitative estimate of drug-likeness (QED) is 0.774. The number of H-pyrrole nitrogens is 1. The van der Waals surface area contributed by atoms with E-state index in [4.69, 9.17) is 5.11 Å². The fourth-order valence-corrected chi connectivity index (χ4v) is 1.19. The number of aromatic nitrogens is 2. The summed E-state index contributed by atoms with van der Waals surface area (Å²) >= 11 is 0. The van der Waals surface area contributed by atoms with Gasteiger partial charge in [0.1, 0.15) is 5.82 Å². The minimum absolute atomic E-state index is 0.0749. The van der Waals surface area contributed by atoms with Gasteiger partial charge in [0.15, 0.2) is 0 Å². The summed E-state index contributed by atoms with van der Waals surface area (Å²) in [5, 5.41) is 8.66. The van der Waals surface area contributed by atoms with E-state index >= 15 is 0 Å². The van der Waals surface area contributed by atoms with Gasteiger partial charge in [-0.15, -0.1) is 0 Å². The molecule has 1 heterocycles. The second-order valence-corrected chi connectivity index (χ2v) is 3.75. The first kappa shape index (κ1) is 11.4. The second-order valence-electron chi connectivity index (χ2n) is 3.75. The van der Waals surface area contributed by atoms with Crippen molar-refractivity contribution in [2.75, 3.05) is 0 Å². The summed E-state index contributed by atoms with van der Waals surface area (Å²) < 4.78 is 0. The van der Waals surface area contributed by atoms with Gasteiger partial charge in [-0.05, 0) is 6.92 Å². The van der Waals surface area contributed by atoms with Crippen molar-refractivity contribution in [2.45, 2.75) is 33.1 Å². The summed E-state index contributed by atoms with van der Waals surface area (Å²) in [5.41, 5.74) is 0.460. The standard InChI is InChI=1S/C10H14N2O3/c1-5(2)9-11-7(4-8(13)14)6(3)10(15)12-9/h5H,4H2,1-3H3,(H,13,14)(H,11,12,15). The van der Waals surface area contributed by atoms with E-state index in [2.05, 4.69) is 9.97 Å². The molecular weight excluding hydrogens is 196 g/mol. The maximum absolute atomic E-state index is 11.5. The van der Waals surface area contributed by atoms with Crippen LogP contribution in [0.25, 0.3) is 0 Å². The van der Waals surface area contributed by atoms with E-state index in [0.29, 0.717) is 17.1 Å². The van der Waals surface area contributed by atoms with Crippen LogP contribution < -0.4 is 5.56 Å². The Morgan fingerprint density at radius 1 is 1.53 bits per heavy atom. The Morgan fingerprint density at radius 3 is 2.60 bits per heavy atom. The van der Waals surface area contributed by atoms with Gasteiger partial charge >= 0.3 is 5.97 Å². The predicted molar refractivity (Wildman–Crippen MR) is 55.0 cm³/mol. The molecule has 15 heavy (non-hydrogen) atoms. The molecule has 0 aliphatic heterocycles. The maximum atomic E-state index is 11.5. The number of hydrogen-bond donors (Lipinski definition) is 2. The van der Waals surface area contributed by atoms with Crippen molar-refractivity contribution < 1.29 is 9.90 Å². The van der Waals surface area contributed by atoms with Gasteiger partial charge in [0, 0.05) is 11.5 Å². The summed E-state index contributed by atoms with van der Waals surface area (Å²) in [4.78, 5) is 28.8. The van der Waals surface area contributed by atoms with Crippen LogP contribution in [-0.4, -0.2) is 21.0 Å². The molecule has 5 nitrogen and oxygen atoms in total. The summed E-state index contributed by atoms with van der Waals surface area (Å²) in [7, 11) is 0. The molecule has 0 amide bonds. The Morgan fingerprint density at radius 2 is 2.13 bits per heavy atom. The van der Waals surface area contributed by atoms with Crippen LogP contribution in [0.3, 0.4) is 0 Å². The third kappa shape index (κ3) is 2.65. The normalized spacial score (nSPS) is 10.7. The first-order chi connectivity index (χ1) is 6.91. The van der Waals surface area contributed by atoms with Crippen molar-refractivity contribution in [3.8, 4) is 0 Å². The van der Waals surface area contributed by atoms with Gasteiger partial charge in [0.05, 0.1) is 12.1 Å². The summed E-state index contributed by atoms with van der Waals surface area (Å²) in [6.45, 7) is 5.35. The van der Waals surface area contributed by atoms with E-state index < -0.39 is 5.97 Å². The van der Waals surface area contributed by atoms with E-state index in [0.717, 1.165) is 0 Å². The number of nitrogens with zero attached hydrogens (tertiary/aromatic N) is 1. The highest BCUT2D eigenvalue weighted by Gasteiger charge is 2.12. The molecule has 0 aliphatic carbocycles. The molecule has 0 spiro atoms. The molecule has 0 saturated heterocycles. The molecular formula is C10H14N2O3. The highest BCUT2D eigenvalue weighted by atomic mass is 16.4. The van der Waals surface area contributed by atoms with E-state index in [1.807, 2.05) is 13.8 Å². The molecule has 0 aromatic carbocycles. The van der Waals surface area contributed by atoms with Crippen molar-refractivity contribution in [1.29, 1.82) is 0 Å². The van der Waals surface area contributed by atoms with Gasteiger partial charge in [-0.25, -0.2) is 4.98 Å². The molecule has 1 rings (SSSR count). The van der Waals surface area contributed by atoms with Gasteiger partial charge in [0.25, 0.3) is 5.56 Å². The van der Waals surface area contributed by atoms with Crippen LogP contribution in [0.4, 0.5) is 0 Å². The molecule has 0 unspecified atom stereocenters. The van der Waals surface area contributed by atoms with Crippen molar-refractivity contribution in [3.05, 3.63) is 27.4 Å². The maximum Gasteiger partial charge on any atom is 0.309 e. The molecule has 82 valence electrons. The molecule has 0 aliphatic rings. The Kier molecular flexibility index (Phi) is 3.24. The number of carbonyl (C=O) groups is 1. The molecule has 0 radical (unpaired) electrons. The van der Waals surface area contributed by atoms with Gasteiger partial charge < -0.3 is 10.1 Å².